The molecule has 0 aliphatic heterocycles. The average Bonchev–Trinajstić information content (AvgIpc) is 3.04. The molecule has 1 saturated carbocycles. The molecule has 0 saturated heterocycles. The molecule has 2 atom stereocenters. The Balaban J connectivity index is 1.66. The van der Waals surface area contributed by atoms with Crippen molar-refractivity contribution in [2.75, 3.05) is 11.9 Å². The Morgan fingerprint density at radius 2 is 2.37 bits per heavy atom. The molecular weight excluding hydrogens is 244 g/mol. The molecule has 0 radical (unpaired) electrons. The zero-order valence-corrected chi connectivity index (χ0v) is 10.5. The van der Waals surface area contributed by atoms with E-state index in [4.69, 9.17) is 5.11 Å². The van der Waals surface area contributed by atoms with Gasteiger partial charge in [0.1, 0.15) is 5.82 Å². The van der Waals surface area contributed by atoms with Crippen LogP contribution in [0.1, 0.15) is 19.3 Å². The Hall–Kier alpha value is -2.11. The maximum absolute atomic E-state index is 11.1. The van der Waals surface area contributed by atoms with E-state index in [0.717, 1.165) is 30.7 Å². The third-order valence-electron chi connectivity index (χ3n) is 3.78. The van der Waals surface area contributed by atoms with Gasteiger partial charge in [-0.3, -0.25) is 4.79 Å². The lowest BCUT2D eigenvalue weighted by Crippen LogP contribution is -2.24. The molecular formula is C13H16N4O2. The Morgan fingerprint density at radius 1 is 1.47 bits per heavy atom. The number of aliphatic carboxylic acids is 1. The van der Waals surface area contributed by atoms with E-state index in [0.29, 0.717) is 6.54 Å². The Labute approximate surface area is 110 Å². The first kappa shape index (κ1) is 12.0. The minimum absolute atomic E-state index is 0.195. The van der Waals surface area contributed by atoms with Crippen LogP contribution >= 0.6 is 0 Å². The minimum atomic E-state index is -0.677. The highest BCUT2D eigenvalue weighted by Crippen LogP contribution is 2.31. The van der Waals surface area contributed by atoms with E-state index in [2.05, 4.69) is 15.4 Å². The molecule has 2 aromatic heterocycles. The van der Waals surface area contributed by atoms with Crippen molar-refractivity contribution in [3.05, 3.63) is 24.5 Å². The van der Waals surface area contributed by atoms with Crippen LogP contribution < -0.4 is 5.32 Å². The van der Waals surface area contributed by atoms with E-state index < -0.39 is 5.97 Å². The van der Waals surface area contributed by atoms with Crippen molar-refractivity contribution in [3.8, 4) is 0 Å². The van der Waals surface area contributed by atoms with Gasteiger partial charge in [0.25, 0.3) is 0 Å². The van der Waals surface area contributed by atoms with Crippen LogP contribution in [0.2, 0.25) is 0 Å². The molecule has 6 nitrogen and oxygen atoms in total. The molecule has 1 aliphatic carbocycles. The van der Waals surface area contributed by atoms with E-state index in [-0.39, 0.29) is 11.8 Å². The zero-order valence-electron chi connectivity index (χ0n) is 10.5. The quantitative estimate of drug-likeness (QED) is 0.873. The number of nitrogens with zero attached hydrogens (tertiary/aromatic N) is 3. The van der Waals surface area contributed by atoms with Crippen LogP contribution in [0.4, 0.5) is 5.82 Å². The molecule has 0 amide bonds. The first-order valence-electron chi connectivity index (χ1n) is 6.51. The maximum atomic E-state index is 11.1. The molecule has 0 bridgehead atoms. The molecule has 3 rings (SSSR count). The van der Waals surface area contributed by atoms with Crippen molar-refractivity contribution >= 4 is 17.4 Å². The summed E-state index contributed by atoms with van der Waals surface area (Å²) in [5.74, 6) is 0.0687. The number of fused-ring (bicyclic) bond motifs is 1. The number of hydrogen-bond donors (Lipinski definition) is 2. The van der Waals surface area contributed by atoms with E-state index in [1.807, 2.05) is 18.3 Å². The minimum Gasteiger partial charge on any atom is -0.481 e. The molecule has 0 aromatic carbocycles. The lowest BCUT2D eigenvalue weighted by Gasteiger charge is -2.16. The number of nitrogens with one attached hydrogen (secondary N) is 1. The van der Waals surface area contributed by atoms with E-state index >= 15 is 0 Å². The summed E-state index contributed by atoms with van der Waals surface area (Å²) in [4.78, 5) is 15.5. The maximum Gasteiger partial charge on any atom is 0.306 e. The van der Waals surface area contributed by atoms with Gasteiger partial charge in [-0.15, -0.1) is 0 Å². The first-order chi connectivity index (χ1) is 9.24. The second-order valence-electron chi connectivity index (χ2n) is 4.96. The SMILES string of the molecule is O=C(O)C1CCCC1CNc1ccn2nccc2n1. The molecule has 19 heavy (non-hydrogen) atoms. The summed E-state index contributed by atoms with van der Waals surface area (Å²) in [7, 11) is 0. The highest BCUT2D eigenvalue weighted by atomic mass is 16.4. The van der Waals surface area contributed by atoms with Crippen LogP contribution in [0.5, 0.6) is 0 Å². The summed E-state index contributed by atoms with van der Waals surface area (Å²) in [6.07, 6.45) is 6.30. The van der Waals surface area contributed by atoms with Crippen LogP contribution in [0.25, 0.3) is 5.65 Å². The second-order valence-corrected chi connectivity index (χ2v) is 4.96. The van der Waals surface area contributed by atoms with Gasteiger partial charge in [0, 0.05) is 18.8 Å². The zero-order chi connectivity index (χ0) is 13.2. The standard InChI is InChI=1S/C13H16N4O2/c18-13(19)10-3-1-2-9(10)8-14-11-5-7-17-12(16-11)4-6-15-17/h4-7,9-10H,1-3,8H2,(H,14,16)(H,18,19). The Bertz CT molecular complexity index is 595. The van der Waals surface area contributed by atoms with Crippen molar-refractivity contribution in [2.24, 2.45) is 11.8 Å². The molecule has 2 heterocycles. The number of hydrogen-bond acceptors (Lipinski definition) is 4. The van der Waals surface area contributed by atoms with E-state index in [1.54, 1.807) is 10.7 Å². The van der Waals surface area contributed by atoms with Crippen molar-refractivity contribution in [1.82, 2.24) is 14.6 Å². The van der Waals surface area contributed by atoms with Gasteiger partial charge in [-0.1, -0.05) is 6.42 Å². The van der Waals surface area contributed by atoms with Gasteiger partial charge in [-0.05, 0) is 24.8 Å². The topological polar surface area (TPSA) is 79.5 Å². The van der Waals surface area contributed by atoms with Gasteiger partial charge in [-0.2, -0.15) is 5.10 Å². The highest BCUT2D eigenvalue weighted by molar-refractivity contribution is 5.70. The average molecular weight is 260 g/mol. The molecule has 1 fully saturated rings. The van der Waals surface area contributed by atoms with Crippen molar-refractivity contribution < 1.29 is 9.90 Å². The largest absolute Gasteiger partial charge is 0.481 e. The normalized spacial score (nSPS) is 22.7. The summed E-state index contributed by atoms with van der Waals surface area (Å²) in [5, 5.41) is 16.5. The lowest BCUT2D eigenvalue weighted by molar-refractivity contribution is -0.142. The smallest absolute Gasteiger partial charge is 0.306 e. The summed E-state index contributed by atoms with van der Waals surface area (Å²) in [5.41, 5.74) is 0.784. The summed E-state index contributed by atoms with van der Waals surface area (Å²) in [6.45, 7) is 0.661. The number of rotatable bonds is 4. The van der Waals surface area contributed by atoms with E-state index in [9.17, 15) is 4.79 Å². The third-order valence-corrected chi connectivity index (χ3v) is 3.78. The number of aromatic nitrogens is 3. The summed E-state index contributed by atoms with van der Waals surface area (Å²) in [6, 6.07) is 3.69. The predicted octanol–water partition coefficient (Wildman–Crippen LogP) is 1.64. The van der Waals surface area contributed by atoms with Gasteiger partial charge in [-0.25, -0.2) is 9.50 Å². The molecule has 2 unspecified atom stereocenters. The van der Waals surface area contributed by atoms with Gasteiger partial charge in [0.2, 0.25) is 0 Å². The molecule has 6 heteroatoms. The van der Waals surface area contributed by atoms with Crippen molar-refractivity contribution in [2.45, 2.75) is 19.3 Å². The third kappa shape index (κ3) is 2.38. The van der Waals surface area contributed by atoms with Crippen LogP contribution in [-0.4, -0.2) is 32.2 Å². The van der Waals surface area contributed by atoms with Crippen LogP contribution in [0.3, 0.4) is 0 Å². The molecule has 2 N–H and O–H groups in total. The number of anilines is 1. The Kier molecular flexibility index (Phi) is 3.06. The summed E-state index contributed by atoms with van der Waals surface area (Å²) < 4.78 is 1.70. The van der Waals surface area contributed by atoms with Crippen molar-refractivity contribution in [3.63, 3.8) is 0 Å². The van der Waals surface area contributed by atoms with Crippen LogP contribution in [0, 0.1) is 11.8 Å². The fraction of sp³-hybridized carbons (Fsp3) is 0.462. The Morgan fingerprint density at radius 3 is 3.21 bits per heavy atom. The fourth-order valence-corrected chi connectivity index (χ4v) is 2.75. The molecule has 100 valence electrons. The number of carboxylic acids is 1. The summed E-state index contributed by atoms with van der Waals surface area (Å²) >= 11 is 0. The van der Waals surface area contributed by atoms with E-state index in [1.165, 1.54) is 0 Å². The van der Waals surface area contributed by atoms with Gasteiger partial charge in [0.05, 0.1) is 12.1 Å². The second kappa shape index (κ2) is 4.87. The predicted molar refractivity (Wildman–Crippen MR) is 69.9 cm³/mol. The highest BCUT2D eigenvalue weighted by Gasteiger charge is 2.32. The van der Waals surface area contributed by atoms with Gasteiger partial charge >= 0.3 is 5.97 Å². The van der Waals surface area contributed by atoms with Crippen LogP contribution in [0.15, 0.2) is 24.5 Å². The fourth-order valence-electron chi connectivity index (χ4n) is 2.75. The molecule has 2 aromatic rings. The lowest BCUT2D eigenvalue weighted by atomic mass is 9.96. The number of carboxylic acid groups (broad SMARTS) is 1. The molecule has 1 aliphatic rings. The monoisotopic (exact) mass is 260 g/mol. The first-order valence-corrected chi connectivity index (χ1v) is 6.51. The number of carbonyl (C=O) groups is 1. The van der Waals surface area contributed by atoms with Crippen LogP contribution in [-0.2, 0) is 4.79 Å². The van der Waals surface area contributed by atoms with Gasteiger partial charge < -0.3 is 10.4 Å². The molecule has 0 spiro atoms. The van der Waals surface area contributed by atoms with Gasteiger partial charge in [0.15, 0.2) is 5.65 Å². The van der Waals surface area contributed by atoms with Crippen molar-refractivity contribution in [1.29, 1.82) is 0 Å².